The molecule has 0 aromatic heterocycles. The van der Waals surface area contributed by atoms with Gasteiger partial charge in [-0.25, -0.2) is 0 Å². The van der Waals surface area contributed by atoms with Gasteiger partial charge < -0.3 is 0 Å². The van der Waals surface area contributed by atoms with E-state index in [4.69, 9.17) is 16.9 Å². The first-order chi connectivity index (χ1) is 8.85. The zero-order valence-corrected chi connectivity index (χ0v) is 11.6. The van der Waals surface area contributed by atoms with Crippen LogP contribution in [0.1, 0.15) is 55.7 Å². The largest absolute Gasteiger partial charge is 0.416 e. The fourth-order valence-electron chi connectivity index (χ4n) is 2.19. The summed E-state index contributed by atoms with van der Waals surface area (Å²) in [4.78, 5) is 0. The molecule has 19 heavy (non-hydrogen) atoms. The Morgan fingerprint density at radius 2 is 1.95 bits per heavy atom. The molecule has 0 heterocycles. The second kappa shape index (κ2) is 6.29. The monoisotopic (exact) mass is 289 g/mol. The highest BCUT2D eigenvalue weighted by molar-refractivity contribution is 6.31. The third-order valence-electron chi connectivity index (χ3n) is 3.12. The van der Waals surface area contributed by atoms with Crippen molar-refractivity contribution in [3.8, 4) is 6.07 Å². The lowest BCUT2D eigenvalue weighted by Gasteiger charge is -2.19. The van der Waals surface area contributed by atoms with E-state index in [1.54, 1.807) is 0 Å². The molecule has 0 aliphatic heterocycles. The topological polar surface area (TPSA) is 23.8 Å². The number of alkyl halides is 3. The van der Waals surface area contributed by atoms with E-state index in [2.05, 4.69) is 0 Å². The van der Waals surface area contributed by atoms with Crippen LogP contribution in [0, 0.1) is 11.3 Å². The van der Waals surface area contributed by atoms with Crippen LogP contribution in [0.2, 0.25) is 5.02 Å². The predicted molar refractivity (Wildman–Crippen MR) is 69.1 cm³/mol. The van der Waals surface area contributed by atoms with Gasteiger partial charge in [0, 0.05) is 5.02 Å². The molecule has 1 nitrogen and oxygen atoms in total. The van der Waals surface area contributed by atoms with Gasteiger partial charge in [0.25, 0.3) is 0 Å². The van der Waals surface area contributed by atoms with Crippen LogP contribution in [0.5, 0.6) is 0 Å². The Hall–Kier alpha value is -1.21. The summed E-state index contributed by atoms with van der Waals surface area (Å²) in [5.74, 6) is 0.0226. The maximum Gasteiger partial charge on any atom is 0.416 e. The van der Waals surface area contributed by atoms with Crippen molar-refractivity contribution in [3.05, 3.63) is 33.8 Å². The van der Waals surface area contributed by atoms with E-state index < -0.39 is 11.7 Å². The van der Waals surface area contributed by atoms with Crippen LogP contribution in [0.15, 0.2) is 12.1 Å². The molecular weight excluding hydrogens is 275 g/mol. The number of nitrogens with zero attached hydrogens (tertiary/aromatic N) is 1. The molecule has 0 spiro atoms. The molecule has 1 unspecified atom stereocenters. The Kier molecular flexibility index (Phi) is 5.25. The van der Waals surface area contributed by atoms with Crippen LogP contribution in [0.4, 0.5) is 13.2 Å². The summed E-state index contributed by atoms with van der Waals surface area (Å²) in [7, 11) is 0. The van der Waals surface area contributed by atoms with Crippen LogP contribution in [-0.2, 0) is 6.18 Å². The van der Waals surface area contributed by atoms with Gasteiger partial charge in [-0.2, -0.15) is 18.4 Å². The lowest BCUT2D eigenvalue weighted by atomic mass is 9.88. The summed E-state index contributed by atoms with van der Waals surface area (Å²) >= 11 is 5.98. The Morgan fingerprint density at radius 3 is 2.37 bits per heavy atom. The van der Waals surface area contributed by atoms with Crippen molar-refractivity contribution in [1.82, 2.24) is 0 Å². The van der Waals surface area contributed by atoms with Crippen molar-refractivity contribution in [1.29, 1.82) is 5.26 Å². The maximum atomic E-state index is 12.7. The number of hydrogen-bond donors (Lipinski definition) is 0. The summed E-state index contributed by atoms with van der Waals surface area (Å²) in [6, 6.07) is 3.64. The Morgan fingerprint density at radius 1 is 1.32 bits per heavy atom. The van der Waals surface area contributed by atoms with E-state index in [1.807, 2.05) is 19.9 Å². The van der Waals surface area contributed by atoms with Gasteiger partial charge in [0.15, 0.2) is 0 Å². The fourth-order valence-corrected chi connectivity index (χ4v) is 2.56. The lowest BCUT2D eigenvalue weighted by molar-refractivity contribution is -0.137. The van der Waals surface area contributed by atoms with Gasteiger partial charge >= 0.3 is 6.18 Å². The molecule has 1 atom stereocenters. The molecule has 0 saturated heterocycles. The van der Waals surface area contributed by atoms with Crippen LogP contribution >= 0.6 is 11.6 Å². The molecule has 1 rings (SSSR count). The second-order valence-electron chi connectivity index (χ2n) is 4.42. The zero-order valence-electron chi connectivity index (χ0n) is 10.8. The van der Waals surface area contributed by atoms with Gasteiger partial charge in [0.05, 0.1) is 17.2 Å². The van der Waals surface area contributed by atoms with Crippen molar-refractivity contribution in [2.45, 2.75) is 45.2 Å². The zero-order chi connectivity index (χ0) is 14.6. The van der Waals surface area contributed by atoms with E-state index in [9.17, 15) is 13.2 Å². The second-order valence-corrected chi connectivity index (χ2v) is 4.83. The minimum Gasteiger partial charge on any atom is -0.192 e. The summed E-state index contributed by atoms with van der Waals surface area (Å²) in [6.45, 7) is 3.93. The van der Waals surface area contributed by atoms with Gasteiger partial charge in [-0.05, 0) is 36.5 Å². The summed E-state index contributed by atoms with van der Waals surface area (Å²) < 4.78 is 38.0. The molecule has 0 aliphatic rings. The highest BCUT2D eigenvalue weighted by Gasteiger charge is 2.32. The first-order valence-electron chi connectivity index (χ1n) is 6.15. The number of hydrogen-bond acceptors (Lipinski definition) is 1. The van der Waals surface area contributed by atoms with Crippen molar-refractivity contribution < 1.29 is 13.2 Å². The van der Waals surface area contributed by atoms with Gasteiger partial charge in [-0.15, -0.1) is 0 Å². The van der Waals surface area contributed by atoms with Gasteiger partial charge in [-0.3, -0.25) is 0 Å². The standard InChI is InChI=1S/C14H15ClF3N/c1-3-5-9(4-2)13-10(8-19)6-11(7-12(13)15)14(16,17)18/h6-7,9H,3-5H2,1-2H3. The maximum absolute atomic E-state index is 12.7. The molecule has 5 heteroatoms. The molecule has 104 valence electrons. The minimum absolute atomic E-state index is 0.0226. The van der Waals surface area contributed by atoms with Gasteiger partial charge in [0.2, 0.25) is 0 Å². The van der Waals surface area contributed by atoms with Crippen molar-refractivity contribution in [2.24, 2.45) is 0 Å². The Labute approximate surface area is 116 Å². The Balaban J connectivity index is 3.38. The van der Waals surface area contributed by atoms with Gasteiger partial charge in [0.1, 0.15) is 0 Å². The average Bonchev–Trinajstić information content (AvgIpc) is 2.34. The third-order valence-corrected chi connectivity index (χ3v) is 3.43. The number of halogens is 4. The Bertz CT molecular complexity index is 489. The quantitative estimate of drug-likeness (QED) is 0.715. The van der Waals surface area contributed by atoms with Crippen LogP contribution in [0.3, 0.4) is 0 Å². The number of benzene rings is 1. The van der Waals surface area contributed by atoms with Crippen molar-refractivity contribution >= 4 is 11.6 Å². The third kappa shape index (κ3) is 3.63. The normalized spacial score (nSPS) is 13.1. The summed E-state index contributed by atoms with van der Waals surface area (Å²) in [6.07, 6.45) is -2.05. The molecular formula is C14H15ClF3N. The van der Waals surface area contributed by atoms with Gasteiger partial charge in [-0.1, -0.05) is 31.9 Å². The minimum atomic E-state index is -4.49. The molecule has 0 aliphatic carbocycles. The lowest BCUT2D eigenvalue weighted by Crippen LogP contribution is -2.09. The molecule has 1 aromatic carbocycles. The first-order valence-corrected chi connectivity index (χ1v) is 6.53. The SMILES string of the molecule is CCCC(CC)c1c(Cl)cc(C(F)(F)F)cc1C#N. The van der Waals surface area contributed by atoms with Crippen LogP contribution in [0.25, 0.3) is 0 Å². The summed E-state index contributed by atoms with van der Waals surface area (Å²) in [5, 5.41) is 9.10. The molecule has 0 amide bonds. The molecule has 0 fully saturated rings. The highest BCUT2D eigenvalue weighted by Crippen LogP contribution is 2.38. The fraction of sp³-hybridized carbons (Fsp3) is 0.500. The summed E-state index contributed by atoms with van der Waals surface area (Å²) in [5.41, 5.74) is -0.300. The molecule has 0 N–H and O–H groups in total. The molecule has 0 radical (unpaired) electrons. The van der Waals surface area contributed by atoms with E-state index >= 15 is 0 Å². The molecule has 1 aromatic rings. The van der Waals surface area contributed by atoms with E-state index in [0.717, 1.165) is 31.4 Å². The predicted octanol–water partition coefficient (Wildman–Crippen LogP) is 5.52. The molecule has 0 bridgehead atoms. The van der Waals surface area contributed by atoms with Crippen LogP contribution in [-0.4, -0.2) is 0 Å². The highest BCUT2D eigenvalue weighted by atomic mass is 35.5. The van der Waals surface area contributed by atoms with E-state index in [-0.39, 0.29) is 16.5 Å². The van der Waals surface area contributed by atoms with E-state index in [1.165, 1.54) is 0 Å². The smallest absolute Gasteiger partial charge is 0.192 e. The van der Waals surface area contributed by atoms with Crippen molar-refractivity contribution in [3.63, 3.8) is 0 Å². The number of rotatable bonds is 4. The van der Waals surface area contributed by atoms with Crippen LogP contribution < -0.4 is 0 Å². The van der Waals surface area contributed by atoms with Crippen molar-refractivity contribution in [2.75, 3.05) is 0 Å². The average molecular weight is 290 g/mol. The van der Waals surface area contributed by atoms with E-state index in [0.29, 0.717) is 5.56 Å². The first kappa shape index (κ1) is 15.8. The molecule has 0 saturated carbocycles. The number of nitriles is 1.